The average Bonchev–Trinajstić information content (AvgIpc) is 2.82. The van der Waals surface area contributed by atoms with Crippen molar-refractivity contribution < 1.29 is 9.47 Å². The number of hydrogen-bond acceptors (Lipinski definition) is 4. The Hall–Kier alpha value is -1.10. The maximum atomic E-state index is 5.70. The molecule has 0 saturated carbocycles. The van der Waals surface area contributed by atoms with Gasteiger partial charge in [-0.2, -0.15) is 0 Å². The first-order chi connectivity index (χ1) is 8.67. The van der Waals surface area contributed by atoms with E-state index in [1.807, 2.05) is 6.07 Å². The summed E-state index contributed by atoms with van der Waals surface area (Å²) >= 11 is 0. The zero-order chi connectivity index (χ0) is 13.1. The molecule has 0 radical (unpaired) electrons. The van der Waals surface area contributed by atoms with Crippen molar-refractivity contribution in [1.29, 1.82) is 0 Å². The summed E-state index contributed by atoms with van der Waals surface area (Å²) in [6.07, 6.45) is 1.02. The molecule has 3 N–H and O–H groups in total. The van der Waals surface area contributed by atoms with Crippen LogP contribution in [0.15, 0.2) is 18.2 Å². The summed E-state index contributed by atoms with van der Waals surface area (Å²) in [6, 6.07) is 6.25. The Kier molecular flexibility index (Phi) is 4.22. The highest BCUT2D eigenvalue weighted by atomic mass is 16.5. The van der Waals surface area contributed by atoms with Crippen molar-refractivity contribution in [2.45, 2.75) is 32.4 Å². The number of nitrogens with two attached hydrogens (primary N) is 1. The number of hydrazine groups is 1. The van der Waals surface area contributed by atoms with Gasteiger partial charge in [0, 0.05) is 13.5 Å². The fourth-order valence-corrected chi connectivity index (χ4v) is 2.57. The summed E-state index contributed by atoms with van der Waals surface area (Å²) in [5, 5.41) is 0. The van der Waals surface area contributed by atoms with Crippen LogP contribution in [-0.4, -0.2) is 19.8 Å². The van der Waals surface area contributed by atoms with Crippen LogP contribution in [0.4, 0.5) is 0 Å². The van der Waals surface area contributed by atoms with Gasteiger partial charge < -0.3 is 9.47 Å². The molecule has 0 amide bonds. The van der Waals surface area contributed by atoms with Crippen LogP contribution >= 0.6 is 0 Å². The highest BCUT2D eigenvalue weighted by Gasteiger charge is 2.26. The van der Waals surface area contributed by atoms with Gasteiger partial charge in [-0.05, 0) is 23.1 Å². The van der Waals surface area contributed by atoms with Crippen molar-refractivity contribution in [2.75, 3.05) is 13.7 Å². The third-order valence-electron chi connectivity index (χ3n) is 3.51. The SMILES string of the molecule is COC(C(C)C)C(NN)c1ccc2c(c1)CCO2. The number of ether oxygens (including phenoxy) is 2. The molecule has 1 aromatic carbocycles. The fraction of sp³-hybridized carbons (Fsp3) is 0.571. The van der Waals surface area contributed by atoms with Gasteiger partial charge in [-0.25, -0.2) is 0 Å². The maximum Gasteiger partial charge on any atom is 0.122 e. The largest absolute Gasteiger partial charge is 0.493 e. The lowest BCUT2D eigenvalue weighted by Crippen LogP contribution is -2.40. The number of methoxy groups -OCH3 is 1. The lowest BCUT2D eigenvalue weighted by molar-refractivity contribution is 0.0326. The van der Waals surface area contributed by atoms with Crippen LogP contribution in [0, 0.1) is 5.92 Å². The molecule has 0 aromatic heterocycles. The summed E-state index contributed by atoms with van der Waals surface area (Å²) in [6.45, 7) is 5.04. The highest BCUT2D eigenvalue weighted by molar-refractivity contribution is 5.41. The second-order valence-corrected chi connectivity index (χ2v) is 5.05. The number of nitrogens with one attached hydrogen (secondary N) is 1. The van der Waals surface area contributed by atoms with Gasteiger partial charge in [0.2, 0.25) is 0 Å². The summed E-state index contributed by atoms with van der Waals surface area (Å²) in [4.78, 5) is 0. The molecule has 1 heterocycles. The minimum Gasteiger partial charge on any atom is -0.493 e. The van der Waals surface area contributed by atoms with Gasteiger partial charge in [0.05, 0.1) is 18.8 Å². The second-order valence-electron chi connectivity index (χ2n) is 5.05. The molecular weight excluding hydrogens is 228 g/mol. The zero-order valence-corrected chi connectivity index (χ0v) is 11.3. The molecule has 0 aliphatic carbocycles. The van der Waals surface area contributed by atoms with Crippen molar-refractivity contribution >= 4 is 0 Å². The van der Waals surface area contributed by atoms with Crippen LogP contribution in [-0.2, 0) is 11.2 Å². The van der Waals surface area contributed by atoms with Crippen molar-refractivity contribution in [3.8, 4) is 5.75 Å². The second kappa shape index (κ2) is 5.69. The van der Waals surface area contributed by atoms with Gasteiger partial charge in [-0.15, -0.1) is 0 Å². The quantitative estimate of drug-likeness (QED) is 0.618. The Morgan fingerprint density at radius 1 is 1.39 bits per heavy atom. The molecular formula is C14H22N2O2. The molecule has 1 aromatic rings. The van der Waals surface area contributed by atoms with Crippen molar-refractivity contribution in [3.05, 3.63) is 29.3 Å². The van der Waals surface area contributed by atoms with E-state index in [1.54, 1.807) is 7.11 Å². The minimum atomic E-state index is 0.000833. The topological polar surface area (TPSA) is 56.5 Å². The van der Waals surface area contributed by atoms with Gasteiger partial charge in [0.25, 0.3) is 0 Å². The van der Waals surface area contributed by atoms with Crippen molar-refractivity contribution in [3.63, 3.8) is 0 Å². The van der Waals surface area contributed by atoms with E-state index in [1.165, 1.54) is 5.56 Å². The molecule has 2 rings (SSSR count). The molecule has 100 valence electrons. The van der Waals surface area contributed by atoms with Crippen molar-refractivity contribution in [1.82, 2.24) is 5.43 Å². The van der Waals surface area contributed by atoms with Crippen LogP contribution in [0.5, 0.6) is 5.75 Å². The molecule has 2 atom stereocenters. The smallest absolute Gasteiger partial charge is 0.122 e. The first kappa shape index (κ1) is 13.3. The lowest BCUT2D eigenvalue weighted by Gasteiger charge is -2.29. The molecule has 0 spiro atoms. The van der Waals surface area contributed by atoms with Crippen LogP contribution in [0.3, 0.4) is 0 Å². The monoisotopic (exact) mass is 250 g/mol. The molecule has 0 bridgehead atoms. The Bertz CT molecular complexity index is 407. The van der Waals surface area contributed by atoms with E-state index in [-0.39, 0.29) is 12.1 Å². The molecule has 1 aliphatic heterocycles. The van der Waals surface area contributed by atoms with Crippen molar-refractivity contribution in [2.24, 2.45) is 11.8 Å². The fourth-order valence-electron chi connectivity index (χ4n) is 2.57. The maximum absolute atomic E-state index is 5.70. The molecule has 0 fully saturated rings. The number of fused-ring (bicyclic) bond motifs is 1. The minimum absolute atomic E-state index is 0.000833. The number of benzene rings is 1. The van der Waals surface area contributed by atoms with E-state index in [9.17, 15) is 0 Å². The average molecular weight is 250 g/mol. The zero-order valence-electron chi connectivity index (χ0n) is 11.3. The number of rotatable bonds is 5. The van der Waals surface area contributed by atoms with Gasteiger partial charge >= 0.3 is 0 Å². The summed E-state index contributed by atoms with van der Waals surface area (Å²) in [5.41, 5.74) is 5.29. The van der Waals surface area contributed by atoms with Crippen LogP contribution < -0.4 is 16.0 Å². The third-order valence-corrected chi connectivity index (χ3v) is 3.51. The van der Waals surface area contributed by atoms with Gasteiger partial charge in [-0.3, -0.25) is 11.3 Å². The van der Waals surface area contributed by atoms with E-state index in [0.717, 1.165) is 24.3 Å². The predicted octanol–water partition coefficient (Wildman–Crippen LogP) is 1.80. The van der Waals surface area contributed by atoms with Gasteiger partial charge in [0.15, 0.2) is 0 Å². The third kappa shape index (κ3) is 2.51. The van der Waals surface area contributed by atoms with Gasteiger partial charge in [-0.1, -0.05) is 26.0 Å². The standard InChI is InChI=1S/C14H22N2O2/c1-9(2)14(17-3)13(16-15)11-4-5-12-10(8-11)6-7-18-12/h4-5,8-9,13-14,16H,6-7,15H2,1-3H3. The number of hydrogen-bond donors (Lipinski definition) is 2. The first-order valence-corrected chi connectivity index (χ1v) is 6.42. The van der Waals surface area contributed by atoms with E-state index in [4.69, 9.17) is 15.3 Å². The summed E-state index contributed by atoms with van der Waals surface area (Å²) in [7, 11) is 1.73. The Morgan fingerprint density at radius 2 is 2.17 bits per heavy atom. The van der Waals surface area contributed by atoms with Crippen LogP contribution in [0.1, 0.15) is 31.0 Å². The normalized spacial score (nSPS) is 17.4. The van der Waals surface area contributed by atoms with E-state index in [2.05, 4.69) is 31.4 Å². The van der Waals surface area contributed by atoms with E-state index in [0.29, 0.717) is 5.92 Å². The Morgan fingerprint density at radius 3 is 2.78 bits per heavy atom. The Balaban J connectivity index is 2.27. The molecule has 4 nitrogen and oxygen atoms in total. The summed E-state index contributed by atoms with van der Waals surface area (Å²) in [5.74, 6) is 7.09. The highest BCUT2D eigenvalue weighted by Crippen LogP contribution is 2.30. The van der Waals surface area contributed by atoms with Crippen LogP contribution in [0.2, 0.25) is 0 Å². The molecule has 2 unspecified atom stereocenters. The molecule has 4 heteroatoms. The molecule has 1 aliphatic rings. The lowest BCUT2D eigenvalue weighted by atomic mass is 9.92. The van der Waals surface area contributed by atoms with E-state index < -0.39 is 0 Å². The summed E-state index contributed by atoms with van der Waals surface area (Å²) < 4.78 is 11.1. The first-order valence-electron chi connectivity index (χ1n) is 6.42. The van der Waals surface area contributed by atoms with E-state index >= 15 is 0 Å². The van der Waals surface area contributed by atoms with Crippen LogP contribution in [0.25, 0.3) is 0 Å². The predicted molar refractivity (Wildman–Crippen MR) is 71.3 cm³/mol. The Labute approximate surface area is 108 Å². The molecule has 18 heavy (non-hydrogen) atoms. The van der Waals surface area contributed by atoms with Gasteiger partial charge in [0.1, 0.15) is 5.75 Å². The molecule has 0 saturated heterocycles.